The number of nitrogens with one attached hydrogen (secondary N) is 1. The number of nitrogens with two attached hydrogens (primary N) is 1. The van der Waals surface area contributed by atoms with E-state index in [1.54, 1.807) is 12.5 Å². The zero-order chi connectivity index (χ0) is 14.4. The first kappa shape index (κ1) is 14.9. The monoisotopic (exact) mass is 276 g/mol. The van der Waals surface area contributed by atoms with Crippen LogP contribution in [0.25, 0.3) is 0 Å². The molecular formula is C16H24N2O2. The molecule has 2 unspecified atom stereocenters. The van der Waals surface area contributed by atoms with Crippen molar-refractivity contribution in [2.24, 2.45) is 5.73 Å². The van der Waals surface area contributed by atoms with Gasteiger partial charge in [-0.15, -0.1) is 0 Å². The van der Waals surface area contributed by atoms with Gasteiger partial charge in [0.2, 0.25) is 0 Å². The molecule has 2 aromatic heterocycles. The van der Waals surface area contributed by atoms with Crippen molar-refractivity contribution in [1.29, 1.82) is 0 Å². The first-order chi connectivity index (χ1) is 9.70. The third-order valence-electron chi connectivity index (χ3n) is 3.48. The molecule has 20 heavy (non-hydrogen) atoms. The maximum Gasteiger partial charge on any atom is 0.120 e. The van der Waals surface area contributed by atoms with E-state index in [9.17, 15) is 0 Å². The molecule has 4 heteroatoms. The van der Waals surface area contributed by atoms with Crippen molar-refractivity contribution >= 4 is 0 Å². The van der Waals surface area contributed by atoms with Crippen molar-refractivity contribution in [3.05, 3.63) is 47.8 Å². The largest absolute Gasteiger partial charge is 0.472 e. The molecule has 0 saturated heterocycles. The Morgan fingerprint density at radius 2 is 2.10 bits per heavy atom. The third-order valence-corrected chi connectivity index (χ3v) is 3.48. The van der Waals surface area contributed by atoms with Crippen LogP contribution in [0.15, 0.2) is 39.6 Å². The van der Waals surface area contributed by atoms with Gasteiger partial charge in [-0.3, -0.25) is 0 Å². The quantitative estimate of drug-likeness (QED) is 0.771. The standard InChI is InChI=1S/C16H24N2O2/c1-3-9-18-15(13-8-10-19-11-13)6-5-14(17)16-7-4-12(2)20-16/h4,7-8,10-11,14-15,18H,3,5-6,9,17H2,1-2H3. The van der Waals surface area contributed by atoms with Crippen LogP contribution in [0.4, 0.5) is 0 Å². The molecule has 2 aromatic rings. The van der Waals surface area contributed by atoms with E-state index in [-0.39, 0.29) is 12.1 Å². The van der Waals surface area contributed by atoms with E-state index in [1.165, 1.54) is 5.56 Å². The summed E-state index contributed by atoms with van der Waals surface area (Å²) in [7, 11) is 0. The van der Waals surface area contributed by atoms with Gasteiger partial charge < -0.3 is 19.9 Å². The van der Waals surface area contributed by atoms with E-state index in [1.807, 2.05) is 25.1 Å². The van der Waals surface area contributed by atoms with E-state index in [2.05, 4.69) is 12.2 Å². The normalized spacial score (nSPS) is 14.3. The minimum Gasteiger partial charge on any atom is -0.472 e. The highest BCUT2D eigenvalue weighted by molar-refractivity contribution is 5.13. The fourth-order valence-electron chi connectivity index (χ4n) is 2.32. The molecule has 2 rings (SSSR count). The summed E-state index contributed by atoms with van der Waals surface area (Å²) in [5.41, 5.74) is 7.38. The van der Waals surface area contributed by atoms with Crippen LogP contribution >= 0.6 is 0 Å². The lowest BCUT2D eigenvalue weighted by Gasteiger charge is -2.18. The summed E-state index contributed by atoms with van der Waals surface area (Å²) in [4.78, 5) is 0. The van der Waals surface area contributed by atoms with Crippen LogP contribution in [0.1, 0.15) is 55.4 Å². The predicted octanol–water partition coefficient (Wildman–Crippen LogP) is 3.70. The zero-order valence-corrected chi connectivity index (χ0v) is 12.3. The van der Waals surface area contributed by atoms with Gasteiger partial charge >= 0.3 is 0 Å². The smallest absolute Gasteiger partial charge is 0.120 e. The average Bonchev–Trinajstić information content (AvgIpc) is 3.10. The van der Waals surface area contributed by atoms with Crippen LogP contribution in [0.3, 0.4) is 0 Å². The van der Waals surface area contributed by atoms with Crippen molar-refractivity contribution < 1.29 is 8.83 Å². The highest BCUT2D eigenvalue weighted by Gasteiger charge is 2.16. The minimum absolute atomic E-state index is 0.0541. The Balaban J connectivity index is 1.91. The highest BCUT2D eigenvalue weighted by atomic mass is 16.3. The number of furan rings is 2. The molecule has 0 aliphatic heterocycles. The average molecular weight is 276 g/mol. The van der Waals surface area contributed by atoms with E-state index < -0.39 is 0 Å². The van der Waals surface area contributed by atoms with Crippen molar-refractivity contribution in [2.75, 3.05) is 6.54 Å². The lowest BCUT2D eigenvalue weighted by atomic mass is 10.0. The number of aryl methyl sites for hydroxylation is 1. The molecule has 0 aromatic carbocycles. The van der Waals surface area contributed by atoms with Gasteiger partial charge in [-0.25, -0.2) is 0 Å². The zero-order valence-electron chi connectivity index (χ0n) is 12.3. The molecule has 0 saturated carbocycles. The Morgan fingerprint density at radius 1 is 1.25 bits per heavy atom. The second-order valence-corrected chi connectivity index (χ2v) is 5.20. The SMILES string of the molecule is CCCNC(CCC(N)c1ccc(C)o1)c1ccoc1. The summed E-state index contributed by atoms with van der Waals surface area (Å²) in [6.45, 7) is 5.09. The van der Waals surface area contributed by atoms with E-state index in [0.29, 0.717) is 0 Å². The third kappa shape index (κ3) is 3.99. The Kier molecular flexibility index (Phi) is 5.44. The van der Waals surface area contributed by atoms with Crippen molar-refractivity contribution in [2.45, 2.75) is 45.2 Å². The van der Waals surface area contributed by atoms with Crippen LogP contribution in [-0.2, 0) is 0 Å². The number of hydrogen-bond acceptors (Lipinski definition) is 4. The Bertz CT molecular complexity index is 490. The molecule has 3 N–H and O–H groups in total. The summed E-state index contributed by atoms with van der Waals surface area (Å²) in [5, 5.41) is 3.54. The molecule has 0 radical (unpaired) electrons. The van der Waals surface area contributed by atoms with Crippen LogP contribution < -0.4 is 11.1 Å². The fourth-order valence-corrected chi connectivity index (χ4v) is 2.32. The molecule has 2 heterocycles. The second kappa shape index (κ2) is 7.31. The van der Waals surface area contributed by atoms with Gasteiger partial charge in [0.1, 0.15) is 11.5 Å². The molecule has 2 atom stereocenters. The molecule has 110 valence electrons. The molecule has 0 amide bonds. The topological polar surface area (TPSA) is 64.3 Å². The summed E-state index contributed by atoms with van der Waals surface area (Å²) in [6.07, 6.45) is 6.46. The van der Waals surface area contributed by atoms with Crippen LogP contribution in [0, 0.1) is 6.92 Å². The Labute approximate surface area is 120 Å². The number of rotatable bonds is 8. The predicted molar refractivity (Wildman–Crippen MR) is 79.4 cm³/mol. The van der Waals surface area contributed by atoms with Crippen LogP contribution in [-0.4, -0.2) is 6.54 Å². The lowest BCUT2D eigenvalue weighted by Crippen LogP contribution is -2.23. The van der Waals surface area contributed by atoms with Gasteiger partial charge in [0.05, 0.1) is 18.6 Å². The lowest BCUT2D eigenvalue weighted by molar-refractivity contribution is 0.401. The van der Waals surface area contributed by atoms with Gasteiger partial charge in [-0.1, -0.05) is 6.92 Å². The Hall–Kier alpha value is -1.52. The van der Waals surface area contributed by atoms with E-state index in [0.717, 1.165) is 37.3 Å². The first-order valence-electron chi connectivity index (χ1n) is 7.28. The summed E-state index contributed by atoms with van der Waals surface area (Å²) in [5.74, 6) is 1.77. The molecule has 4 nitrogen and oxygen atoms in total. The maximum absolute atomic E-state index is 6.19. The van der Waals surface area contributed by atoms with Gasteiger partial charge in [-0.05, 0) is 50.9 Å². The Morgan fingerprint density at radius 3 is 2.70 bits per heavy atom. The van der Waals surface area contributed by atoms with E-state index >= 15 is 0 Å². The van der Waals surface area contributed by atoms with Gasteiger partial charge in [0.15, 0.2) is 0 Å². The van der Waals surface area contributed by atoms with Crippen molar-refractivity contribution in [1.82, 2.24) is 5.32 Å². The molecule has 0 aliphatic carbocycles. The first-order valence-corrected chi connectivity index (χ1v) is 7.28. The van der Waals surface area contributed by atoms with Crippen molar-refractivity contribution in [3.63, 3.8) is 0 Å². The summed E-state index contributed by atoms with van der Waals surface area (Å²) in [6, 6.07) is 6.16. The summed E-state index contributed by atoms with van der Waals surface area (Å²) < 4.78 is 10.8. The van der Waals surface area contributed by atoms with Gasteiger partial charge in [0, 0.05) is 11.6 Å². The fraction of sp³-hybridized carbons (Fsp3) is 0.500. The summed E-state index contributed by atoms with van der Waals surface area (Å²) >= 11 is 0. The van der Waals surface area contributed by atoms with E-state index in [4.69, 9.17) is 14.6 Å². The van der Waals surface area contributed by atoms with Crippen molar-refractivity contribution in [3.8, 4) is 0 Å². The molecule has 0 spiro atoms. The highest BCUT2D eigenvalue weighted by Crippen LogP contribution is 2.25. The minimum atomic E-state index is -0.0541. The van der Waals surface area contributed by atoms with Gasteiger partial charge in [-0.2, -0.15) is 0 Å². The molecule has 0 aliphatic rings. The molecule has 0 fully saturated rings. The number of hydrogen-bond donors (Lipinski definition) is 2. The van der Waals surface area contributed by atoms with Crippen LogP contribution in [0.2, 0.25) is 0 Å². The molecular weight excluding hydrogens is 252 g/mol. The van der Waals surface area contributed by atoms with Gasteiger partial charge in [0.25, 0.3) is 0 Å². The second-order valence-electron chi connectivity index (χ2n) is 5.20. The maximum atomic E-state index is 6.19. The molecule has 0 bridgehead atoms. The van der Waals surface area contributed by atoms with Crippen LogP contribution in [0.5, 0.6) is 0 Å².